The lowest BCUT2D eigenvalue weighted by atomic mass is 10.1. The first kappa shape index (κ1) is 12.5. The highest BCUT2D eigenvalue weighted by atomic mass is 79.9. The molecule has 0 saturated carbocycles. The molecule has 2 rings (SSSR count). The maximum absolute atomic E-state index is 11.6. The van der Waals surface area contributed by atoms with Crippen molar-refractivity contribution in [2.24, 2.45) is 0 Å². The Morgan fingerprint density at radius 1 is 1.47 bits per heavy atom. The number of esters is 1. The van der Waals surface area contributed by atoms with Crippen molar-refractivity contribution in [2.75, 3.05) is 7.11 Å². The van der Waals surface area contributed by atoms with E-state index in [0.29, 0.717) is 13.8 Å². The summed E-state index contributed by atoms with van der Waals surface area (Å²) in [4.78, 5) is 16.4. The Bertz CT molecular complexity index is 570. The first-order chi connectivity index (χ1) is 8.13. The molecule has 2 aromatic rings. The molecule has 3 nitrogen and oxygen atoms in total. The first-order valence-corrected chi connectivity index (χ1v) is 6.61. The van der Waals surface area contributed by atoms with E-state index in [1.165, 1.54) is 18.4 Å². The molecule has 0 N–H and O–H groups in total. The maximum atomic E-state index is 11.6. The Hall–Kier alpha value is -0.910. The van der Waals surface area contributed by atoms with Crippen molar-refractivity contribution < 1.29 is 9.53 Å². The highest BCUT2D eigenvalue weighted by molar-refractivity contribution is 9.11. The summed E-state index contributed by atoms with van der Waals surface area (Å²) in [5.41, 5.74) is 1.05. The highest BCUT2D eigenvalue weighted by Gasteiger charge is 2.20. The second-order valence-corrected chi connectivity index (χ2v) is 5.80. The van der Waals surface area contributed by atoms with Gasteiger partial charge in [-0.25, -0.2) is 9.78 Å². The summed E-state index contributed by atoms with van der Waals surface area (Å²) in [7, 11) is 1.33. The minimum atomic E-state index is -0.470. The number of hydrogen-bond donors (Lipinski definition) is 0. The largest absolute Gasteiger partial charge is 0.464 e. The van der Waals surface area contributed by atoms with Crippen LogP contribution in [-0.2, 0) is 4.74 Å². The van der Waals surface area contributed by atoms with Gasteiger partial charge < -0.3 is 4.74 Å². The van der Waals surface area contributed by atoms with Gasteiger partial charge in [-0.05, 0) is 22.0 Å². The monoisotopic (exact) mass is 331 g/mol. The molecule has 0 spiro atoms. The third kappa shape index (κ3) is 2.51. The number of halogens is 2. The topological polar surface area (TPSA) is 39.2 Å². The van der Waals surface area contributed by atoms with Crippen LogP contribution in [0.5, 0.6) is 0 Å². The molecule has 0 amide bonds. The number of thiazole rings is 1. The fourth-order valence-corrected chi connectivity index (χ4v) is 3.13. The van der Waals surface area contributed by atoms with E-state index in [-0.39, 0.29) is 5.69 Å². The zero-order valence-electron chi connectivity index (χ0n) is 8.74. The smallest absolute Gasteiger partial charge is 0.358 e. The Kier molecular flexibility index (Phi) is 3.81. The van der Waals surface area contributed by atoms with Crippen molar-refractivity contribution in [3.8, 4) is 10.4 Å². The third-order valence-corrected chi connectivity index (χ3v) is 3.97. The standard InChI is InChI=1S/C11H7BrClNO2S/c1-16-10(15)8-9(17-11(12)14-8)6-4-2-3-5-7(6)13/h2-5H,1H3. The predicted octanol–water partition coefficient (Wildman–Crippen LogP) is 4.01. The molecule has 0 aliphatic heterocycles. The van der Waals surface area contributed by atoms with Crippen LogP contribution >= 0.6 is 38.9 Å². The Morgan fingerprint density at radius 3 is 2.82 bits per heavy atom. The van der Waals surface area contributed by atoms with E-state index in [1.807, 2.05) is 18.2 Å². The molecule has 0 radical (unpaired) electrons. The summed E-state index contributed by atoms with van der Waals surface area (Å²) >= 11 is 10.7. The lowest BCUT2D eigenvalue weighted by molar-refractivity contribution is 0.0595. The second kappa shape index (κ2) is 5.16. The van der Waals surface area contributed by atoms with Gasteiger partial charge in [-0.3, -0.25) is 0 Å². The van der Waals surface area contributed by atoms with E-state index in [9.17, 15) is 4.79 Å². The predicted molar refractivity (Wildman–Crippen MR) is 71.6 cm³/mol. The number of hydrogen-bond acceptors (Lipinski definition) is 4. The average Bonchev–Trinajstić information content (AvgIpc) is 2.71. The minimum Gasteiger partial charge on any atom is -0.464 e. The summed E-state index contributed by atoms with van der Waals surface area (Å²) in [6, 6.07) is 7.30. The quantitative estimate of drug-likeness (QED) is 0.780. The van der Waals surface area contributed by atoms with Crippen molar-refractivity contribution in [3.63, 3.8) is 0 Å². The van der Waals surface area contributed by atoms with Crippen LogP contribution in [0.4, 0.5) is 0 Å². The van der Waals surface area contributed by atoms with Crippen molar-refractivity contribution in [2.45, 2.75) is 0 Å². The van der Waals surface area contributed by atoms with Crippen LogP contribution in [0.3, 0.4) is 0 Å². The molecule has 0 fully saturated rings. The summed E-state index contributed by atoms with van der Waals surface area (Å²) in [5, 5.41) is 0.578. The molecule has 6 heteroatoms. The van der Waals surface area contributed by atoms with Crippen LogP contribution in [-0.4, -0.2) is 18.1 Å². The SMILES string of the molecule is COC(=O)c1nc(Br)sc1-c1ccccc1Cl. The van der Waals surface area contributed by atoms with Crippen molar-refractivity contribution >= 4 is 44.8 Å². The van der Waals surface area contributed by atoms with Gasteiger partial charge in [0.15, 0.2) is 9.61 Å². The van der Waals surface area contributed by atoms with Crippen LogP contribution in [0.25, 0.3) is 10.4 Å². The second-order valence-electron chi connectivity index (χ2n) is 3.12. The van der Waals surface area contributed by atoms with E-state index < -0.39 is 5.97 Å². The van der Waals surface area contributed by atoms with Gasteiger partial charge in [0.05, 0.1) is 12.0 Å². The summed E-state index contributed by atoms with van der Waals surface area (Å²) in [6.45, 7) is 0. The van der Waals surface area contributed by atoms with Crippen LogP contribution in [0.15, 0.2) is 28.2 Å². The molecule has 17 heavy (non-hydrogen) atoms. The molecular formula is C11H7BrClNO2S. The van der Waals surface area contributed by atoms with E-state index >= 15 is 0 Å². The fourth-order valence-electron chi connectivity index (χ4n) is 1.36. The number of rotatable bonds is 2. The fraction of sp³-hybridized carbons (Fsp3) is 0.0909. The number of carbonyl (C=O) groups is 1. The molecule has 1 heterocycles. The first-order valence-electron chi connectivity index (χ1n) is 4.63. The number of carbonyl (C=O) groups excluding carboxylic acids is 1. The van der Waals surface area contributed by atoms with Gasteiger partial charge in [-0.15, -0.1) is 11.3 Å². The molecule has 0 saturated heterocycles. The Balaban J connectivity index is 2.60. The molecule has 0 aliphatic carbocycles. The van der Waals surface area contributed by atoms with E-state index in [1.54, 1.807) is 6.07 Å². The van der Waals surface area contributed by atoms with Crippen LogP contribution < -0.4 is 0 Å². The van der Waals surface area contributed by atoms with Gasteiger partial charge in [-0.1, -0.05) is 29.8 Å². The van der Waals surface area contributed by atoms with Gasteiger partial charge in [0.1, 0.15) is 0 Å². The molecule has 0 aliphatic rings. The molecule has 1 aromatic carbocycles. The lowest BCUT2D eigenvalue weighted by Gasteiger charge is -2.02. The van der Waals surface area contributed by atoms with Gasteiger partial charge >= 0.3 is 5.97 Å². The van der Waals surface area contributed by atoms with Crippen LogP contribution in [0.1, 0.15) is 10.5 Å². The van der Waals surface area contributed by atoms with E-state index in [4.69, 9.17) is 16.3 Å². The van der Waals surface area contributed by atoms with Crippen LogP contribution in [0, 0.1) is 0 Å². The zero-order chi connectivity index (χ0) is 12.4. The van der Waals surface area contributed by atoms with Gasteiger partial charge in [0.2, 0.25) is 0 Å². The molecule has 1 aromatic heterocycles. The summed E-state index contributed by atoms with van der Waals surface area (Å²) in [5.74, 6) is -0.470. The molecular weight excluding hydrogens is 326 g/mol. The van der Waals surface area contributed by atoms with E-state index in [0.717, 1.165) is 5.56 Å². The third-order valence-electron chi connectivity index (χ3n) is 2.10. The lowest BCUT2D eigenvalue weighted by Crippen LogP contribution is -2.03. The molecule has 0 unspecified atom stereocenters. The van der Waals surface area contributed by atoms with Gasteiger partial charge in [0, 0.05) is 10.6 Å². The molecule has 0 atom stereocenters. The van der Waals surface area contributed by atoms with Crippen molar-refractivity contribution in [1.29, 1.82) is 0 Å². The number of methoxy groups -OCH3 is 1. The average molecular weight is 333 g/mol. The number of aromatic nitrogens is 1. The van der Waals surface area contributed by atoms with Crippen LogP contribution in [0.2, 0.25) is 5.02 Å². The Morgan fingerprint density at radius 2 is 2.18 bits per heavy atom. The molecule has 88 valence electrons. The summed E-state index contributed by atoms with van der Waals surface area (Å²) < 4.78 is 5.31. The van der Waals surface area contributed by atoms with Crippen molar-refractivity contribution in [3.05, 3.63) is 38.9 Å². The number of ether oxygens (including phenoxy) is 1. The normalized spacial score (nSPS) is 10.3. The maximum Gasteiger partial charge on any atom is 0.358 e. The number of benzene rings is 1. The van der Waals surface area contributed by atoms with Gasteiger partial charge in [-0.2, -0.15) is 0 Å². The number of nitrogens with zero attached hydrogens (tertiary/aromatic N) is 1. The minimum absolute atomic E-state index is 0.275. The van der Waals surface area contributed by atoms with E-state index in [2.05, 4.69) is 20.9 Å². The molecule has 0 bridgehead atoms. The van der Waals surface area contributed by atoms with Crippen molar-refractivity contribution in [1.82, 2.24) is 4.98 Å². The zero-order valence-corrected chi connectivity index (χ0v) is 11.9. The Labute approximate surface area is 116 Å². The highest BCUT2D eigenvalue weighted by Crippen LogP contribution is 2.37. The summed E-state index contributed by atoms with van der Waals surface area (Å²) in [6.07, 6.45) is 0. The van der Waals surface area contributed by atoms with Gasteiger partial charge in [0.25, 0.3) is 0 Å².